The van der Waals surface area contributed by atoms with Crippen molar-refractivity contribution in [1.82, 2.24) is 24.4 Å². The van der Waals surface area contributed by atoms with Gasteiger partial charge in [-0.15, -0.1) is 11.3 Å². The van der Waals surface area contributed by atoms with Gasteiger partial charge in [0.2, 0.25) is 0 Å². The topological polar surface area (TPSA) is 75.9 Å². The lowest BCUT2D eigenvalue weighted by Gasteiger charge is -2.24. The molecule has 1 N–H and O–H groups in total. The number of nitrogens with one attached hydrogen (secondary N) is 1. The smallest absolute Gasteiger partial charge is 0.276 e. The number of aryl methyl sites for hydroxylation is 1. The van der Waals surface area contributed by atoms with Gasteiger partial charge in [0.05, 0.1) is 23.8 Å². The number of amides is 1. The second kappa shape index (κ2) is 7.35. The maximum Gasteiger partial charge on any atom is 0.276 e. The van der Waals surface area contributed by atoms with Crippen LogP contribution in [0.5, 0.6) is 0 Å². The number of carbonyl (C=O) groups is 1. The fourth-order valence-electron chi connectivity index (χ4n) is 3.31. The summed E-state index contributed by atoms with van der Waals surface area (Å²) >= 11 is 1.39. The van der Waals surface area contributed by atoms with Crippen LogP contribution in [0.15, 0.2) is 42.3 Å². The van der Waals surface area contributed by atoms with E-state index >= 15 is 0 Å². The molecule has 1 atom stereocenters. The van der Waals surface area contributed by atoms with E-state index in [-0.39, 0.29) is 11.9 Å². The minimum Gasteiger partial charge on any atom is -0.337 e. The van der Waals surface area contributed by atoms with Crippen LogP contribution in [0.25, 0.3) is 0 Å². The molecule has 4 heterocycles. The second-order valence-corrected chi connectivity index (χ2v) is 7.26. The van der Waals surface area contributed by atoms with Crippen molar-refractivity contribution in [3.63, 3.8) is 0 Å². The fraction of sp³-hybridized carbons (Fsp3) is 0.333. The van der Waals surface area contributed by atoms with Crippen LogP contribution < -0.4 is 5.32 Å². The zero-order valence-corrected chi connectivity index (χ0v) is 15.3. The van der Waals surface area contributed by atoms with Crippen molar-refractivity contribution in [3.05, 3.63) is 59.4 Å². The molecule has 0 radical (unpaired) electrons. The van der Waals surface area contributed by atoms with Gasteiger partial charge in [0.15, 0.2) is 5.13 Å². The molecule has 1 aliphatic rings. The van der Waals surface area contributed by atoms with Gasteiger partial charge in [0.1, 0.15) is 5.69 Å². The summed E-state index contributed by atoms with van der Waals surface area (Å²) in [4.78, 5) is 27.8. The maximum atomic E-state index is 12.4. The van der Waals surface area contributed by atoms with E-state index in [1.165, 1.54) is 17.0 Å². The van der Waals surface area contributed by atoms with E-state index in [9.17, 15) is 4.79 Å². The highest BCUT2D eigenvalue weighted by molar-refractivity contribution is 7.13. The number of thiazole rings is 1. The number of nitrogens with zero attached hydrogens (tertiary/aromatic N) is 5. The van der Waals surface area contributed by atoms with Crippen molar-refractivity contribution in [2.75, 3.05) is 11.9 Å². The molecular formula is C18H20N6OS. The van der Waals surface area contributed by atoms with Gasteiger partial charge in [0.25, 0.3) is 5.91 Å². The zero-order chi connectivity index (χ0) is 17.9. The van der Waals surface area contributed by atoms with Crippen molar-refractivity contribution >= 4 is 22.4 Å². The molecule has 0 aliphatic carbocycles. The van der Waals surface area contributed by atoms with Crippen molar-refractivity contribution in [2.24, 2.45) is 7.05 Å². The third-order valence-corrected chi connectivity index (χ3v) is 5.33. The summed E-state index contributed by atoms with van der Waals surface area (Å²) in [5.41, 5.74) is 2.54. The predicted octanol–water partition coefficient (Wildman–Crippen LogP) is 2.86. The summed E-state index contributed by atoms with van der Waals surface area (Å²) in [5.74, 6) is -0.224. The Morgan fingerprint density at radius 3 is 3.12 bits per heavy atom. The molecule has 7 nitrogen and oxygen atoms in total. The molecule has 26 heavy (non-hydrogen) atoms. The standard InChI is InChI=1S/C18H20N6OS/c1-23-12-19-10-13(23)11-24-8-3-6-16(24)14-4-2-5-15(21-14)17(25)22-18-20-7-9-26-18/h2,4-5,7,9-10,12,16H,3,6,8,11H2,1H3,(H,20,22,25)/t16-/m1/s1. The van der Waals surface area contributed by atoms with E-state index in [1.54, 1.807) is 12.3 Å². The van der Waals surface area contributed by atoms with Gasteiger partial charge < -0.3 is 4.57 Å². The first-order valence-corrected chi connectivity index (χ1v) is 9.46. The van der Waals surface area contributed by atoms with Crippen LogP contribution in [0.4, 0.5) is 5.13 Å². The number of aromatic nitrogens is 4. The molecule has 0 aromatic carbocycles. The van der Waals surface area contributed by atoms with E-state index in [0.717, 1.165) is 31.6 Å². The number of carbonyl (C=O) groups excluding carboxylic acids is 1. The molecule has 0 unspecified atom stereocenters. The Morgan fingerprint density at radius 2 is 2.35 bits per heavy atom. The first-order chi connectivity index (χ1) is 12.7. The van der Waals surface area contributed by atoms with E-state index < -0.39 is 0 Å². The summed E-state index contributed by atoms with van der Waals surface area (Å²) in [7, 11) is 2.01. The van der Waals surface area contributed by atoms with Gasteiger partial charge in [-0.05, 0) is 31.5 Å². The van der Waals surface area contributed by atoms with Crippen LogP contribution >= 0.6 is 11.3 Å². The molecule has 134 valence electrons. The van der Waals surface area contributed by atoms with E-state index in [2.05, 4.69) is 25.2 Å². The SMILES string of the molecule is Cn1cncc1CN1CCC[C@@H]1c1cccc(C(=O)Nc2nccs2)n1. The normalized spacial score (nSPS) is 17.5. The highest BCUT2D eigenvalue weighted by atomic mass is 32.1. The molecule has 4 rings (SSSR count). The molecule has 0 saturated carbocycles. The maximum absolute atomic E-state index is 12.4. The summed E-state index contributed by atoms with van der Waals surface area (Å²) in [6.45, 7) is 1.85. The minimum atomic E-state index is -0.224. The lowest BCUT2D eigenvalue weighted by molar-refractivity contribution is 0.102. The van der Waals surface area contributed by atoms with E-state index in [0.29, 0.717) is 10.8 Å². The van der Waals surface area contributed by atoms with Crippen LogP contribution in [-0.2, 0) is 13.6 Å². The van der Waals surface area contributed by atoms with Crippen molar-refractivity contribution in [3.8, 4) is 0 Å². The molecule has 0 bridgehead atoms. The first kappa shape index (κ1) is 16.9. The number of anilines is 1. The Kier molecular flexibility index (Phi) is 4.77. The largest absolute Gasteiger partial charge is 0.337 e. The van der Waals surface area contributed by atoms with Crippen LogP contribution in [0.2, 0.25) is 0 Å². The Hall–Kier alpha value is -2.58. The Morgan fingerprint density at radius 1 is 1.42 bits per heavy atom. The van der Waals surface area contributed by atoms with E-state index in [4.69, 9.17) is 0 Å². The third kappa shape index (κ3) is 3.51. The first-order valence-electron chi connectivity index (χ1n) is 8.58. The van der Waals surface area contributed by atoms with Crippen molar-refractivity contribution < 1.29 is 4.79 Å². The van der Waals surface area contributed by atoms with Gasteiger partial charge >= 0.3 is 0 Å². The second-order valence-electron chi connectivity index (χ2n) is 6.36. The monoisotopic (exact) mass is 368 g/mol. The molecule has 8 heteroatoms. The van der Waals surface area contributed by atoms with Crippen LogP contribution in [0.3, 0.4) is 0 Å². The van der Waals surface area contributed by atoms with Gasteiger partial charge in [-0.2, -0.15) is 0 Å². The molecule has 3 aromatic rings. The number of rotatable bonds is 5. The molecule has 1 fully saturated rings. The average molecular weight is 368 g/mol. The van der Waals surface area contributed by atoms with Gasteiger partial charge in [0, 0.05) is 31.4 Å². The summed E-state index contributed by atoms with van der Waals surface area (Å²) in [6, 6.07) is 5.87. The minimum absolute atomic E-state index is 0.220. The number of hydrogen-bond donors (Lipinski definition) is 1. The van der Waals surface area contributed by atoms with Crippen LogP contribution in [0.1, 0.15) is 40.8 Å². The quantitative estimate of drug-likeness (QED) is 0.749. The van der Waals surface area contributed by atoms with Crippen LogP contribution in [-0.4, -0.2) is 36.9 Å². The Balaban J connectivity index is 1.51. The summed E-state index contributed by atoms with van der Waals surface area (Å²) < 4.78 is 2.04. The molecule has 1 saturated heterocycles. The predicted molar refractivity (Wildman–Crippen MR) is 99.9 cm³/mol. The summed E-state index contributed by atoms with van der Waals surface area (Å²) in [6.07, 6.45) is 7.56. The van der Waals surface area contributed by atoms with Crippen molar-refractivity contribution in [2.45, 2.75) is 25.4 Å². The van der Waals surface area contributed by atoms with Gasteiger partial charge in [-0.3, -0.25) is 15.0 Å². The molecule has 1 aliphatic heterocycles. The number of imidazole rings is 1. The fourth-order valence-corrected chi connectivity index (χ4v) is 3.83. The Bertz CT molecular complexity index is 891. The summed E-state index contributed by atoms with van der Waals surface area (Å²) in [5, 5.41) is 5.20. The lowest BCUT2D eigenvalue weighted by Crippen LogP contribution is -2.25. The van der Waals surface area contributed by atoms with Gasteiger partial charge in [-0.1, -0.05) is 6.07 Å². The third-order valence-electron chi connectivity index (χ3n) is 4.64. The molecule has 3 aromatic heterocycles. The molecular weight excluding hydrogens is 348 g/mol. The highest BCUT2D eigenvalue weighted by Crippen LogP contribution is 2.32. The number of likely N-dealkylation sites (tertiary alicyclic amines) is 1. The van der Waals surface area contributed by atoms with Gasteiger partial charge in [-0.25, -0.2) is 15.0 Å². The van der Waals surface area contributed by atoms with Crippen molar-refractivity contribution in [1.29, 1.82) is 0 Å². The molecule has 0 spiro atoms. The van der Waals surface area contributed by atoms with E-state index in [1.807, 2.05) is 41.7 Å². The lowest BCUT2D eigenvalue weighted by atomic mass is 10.1. The highest BCUT2D eigenvalue weighted by Gasteiger charge is 2.28. The van der Waals surface area contributed by atoms with Crippen LogP contribution in [0, 0.1) is 0 Å². The zero-order valence-electron chi connectivity index (χ0n) is 14.5. The molecule has 1 amide bonds. The number of pyridine rings is 1. The Labute approximate surface area is 155 Å². The average Bonchev–Trinajstić information content (AvgIpc) is 3.39. The number of hydrogen-bond acceptors (Lipinski definition) is 6.